The van der Waals surface area contributed by atoms with Crippen molar-refractivity contribution in [2.45, 2.75) is 19.5 Å². The summed E-state index contributed by atoms with van der Waals surface area (Å²) in [4.78, 5) is 16.4. The van der Waals surface area contributed by atoms with Gasteiger partial charge in [-0.2, -0.15) is 5.10 Å². The van der Waals surface area contributed by atoms with E-state index in [-0.39, 0.29) is 36.4 Å². The standard InChI is InChI=1S/C22H25ClN6O.HI/c1-24-22(25-12-10-17-6-8-19(23)9-7-17)26-15-18-4-2-5-20(14-18)28-21(30)16-29-13-3-11-27-29;/h2-9,11,13-14H,10,12,15-16H2,1H3,(H,28,30)(H2,24,25,26);1H. The monoisotopic (exact) mass is 552 g/mol. The molecule has 0 aliphatic rings. The van der Waals surface area contributed by atoms with Gasteiger partial charge < -0.3 is 16.0 Å². The van der Waals surface area contributed by atoms with Gasteiger partial charge in [0.25, 0.3) is 0 Å². The molecule has 0 saturated heterocycles. The number of hydrogen-bond donors (Lipinski definition) is 3. The van der Waals surface area contributed by atoms with Crippen LogP contribution in [0.2, 0.25) is 5.02 Å². The lowest BCUT2D eigenvalue weighted by Gasteiger charge is -2.13. The number of aliphatic imine (C=N–C) groups is 1. The van der Waals surface area contributed by atoms with Gasteiger partial charge in [-0.1, -0.05) is 35.9 Å². The van der Waals surface area contributed by atoms with E-state index in [0.717, 1.165) is 35.2 Å². The van der Waals surface area contributed by atoms with Crippen LogP contribution in [0.5, 0.6) is 0 Å². The number of hydrogen-bond acceptors (Lipinski definition) is 3. The van der Waals surface area contributed by atoms with Gasteiger partial charge in [0, 0.05) is 43.2 Å². The predicted molar refractivity (Wildman–Crippen MR) is 136 cm³/mol. The summed E-state index contributed by atoms with van der Waals surface area (Å²) in [5.41, 5.74) is 2.99. The number of guanidine groups is 1. The quantitative estimate of drug-likeness (QED) is 0.226. The molecule has 0 spiro atoms. The van der Waals surface area contributed by atoms with E-state index in [2.05, 4.69) is 26.0 Å². The van der Waals surface area contributed by atoms with E-state index < -0.39 is 0 Å². The average molecular weight is 553 g/mol. The molecule has 3 rings (SSSR count). The van der Waals surface area contributed by atoms with E-state index >= 15 is 0 Å². The van der Waals surface area contributed by atoms with Crippen LogP contribution in [0.1, 0.15) is 11.1 Å². The van der Waals surface area contributed by atoms with Crippen LogP contribution >= 0.6 is 35.6 Å². The highest BCUT2D eigenvalue weighted by molar-refractivity contribution is 14.0. The lowest BCUT2D eigenvalue weighted by molar-refractivity contribution is -0.116. The Morgan fingerprint density at radius 1 is 1.10 bits per heavy atom. The molecular formula is C22H26ClIN6O. The van der Waals surface area contributed by atoms with E-state index in [9.17, 15) is 4.79 Å². The molecule has 0 atom stereocenters. The Balaban J connectivity index is 0.00000341. The molecule has 9 heteroatoms. The fourth-order valence-corrected chi connectivity index (χ4v) is 3.01. The zero-order valence-electron chi connectivity index (χ0n) is 17.2. The lowest BCUT2D eigenvalue weighted by atomic mass is 10.1. The molecule has 1 heterocycles. The summed E-state index contributed by atoms with van der Waals surface area (Å²) >= 11 is 5.92. The summed E-state index contributed by atoms with van der Waals surface area (Å²) in [6, 6.07) is 17.3. The first-order valence-electron chi connectivity index (χ1n) is 9.67. The van der Waals surface area contributed by atoms with Crippen molar-refractivity contribution in [1.82, 2.24) is 20.4 Å². The molecule has 1 amide bonds. The Bertz CT molecular complexity index is 976. The maximum atomic E-state index is 12.1. The number of carbonyl (C=O) groups excluding carboxylic acids is 1. The second-order valence-electron chi connectivity index (χ2n) is 6.68. The van der Waals surface area contributed by atoms with Crippen molar-refractivity contribution in [1.29, 1.82) is 0 Å². The molecule has 7 nitrogen and oxygen atoms in total. The zero-order chi connectivity index (χ0) is 21.2. The number of benzene rings is 2. The summed E-state index contributed by atoms with van der Waals surface area (Å²) in [6.07, 6.45) is 4.27. The van der Waals surface area contributed by atoms with Crippen molar-refractivity contribution in [2.75, 3.05) is 18.9 Å². The number of nitrogens with one attached hydrogen (secondary N) is 3. The Kier molecular flexibility index (Phi) is 10.3. The Labute approximate surface area is 204 Å². The second kappa shape index (κ2) is 13.0. The van der Waals surface area contributed by atoms with Crippen LogP contribution in [0.25, 0.3) is 0 Å². The molecule has 0 bridgehead atoms. The number of halogens is 2. The van der Waals surface area contributed by atoms with Crippen molar-refractivity contribution in [2.24, 2.45) is 4.99 Å². The third-order valence-electron chi connectivity index (χ3n) is 4.38. The highest BCUT2D eigenvalue weighted by Crippen LogP contribution is 2.11. The smallest absolute Gasteiger partial charge is 0.246 e. The highest BCUT2D eigenvalue weighted by Gasteiger charge is 2.05. The summed E-state index contributed by atoms with van der Waals surface area (Å²) in [5, 5.41) is 14.3. The zero-order valence-corrected chi connectivity index (χ0v) is 20.3. The third kappa shape index (κ3) is 8.58. The molecule has 1 aromatic heterocycles. The number of nitrogens with zero attached hydrogens (tertiary/aromatic N) is 3. The molecule has 3 aromatic rings. The van der Waals surface area contributed by atoms with Gasteiger partial charge in [-0.3, -0.25) is 14.5 Å². The van der Waals surface area contributed by atoms with Crippen LogP contribution < -0.4 is 16.0 Å². The van der Waals surface area contributed by atoms with Gasteiger partial charge in [-0.25, -0.2) is 0 Å². The molecule has 0 radical (unpaired) electrons. The maximum absolute atomic E-state index is 12.1. The van der Waals surface area contributed by atoms with Gasteiger partial charge in [0.15, 0.2) is 5.96 Å². The predicted octanol–water partition coefficient (Wildman–Crippen LogP) is 3.70. The van der Waals surface area contributed by atoms with Gasteiger partial charge in [0.2, 0.25) is 5.91 Å². The Morgan fingerprint density at radius 2 is 1.90 bits per heavy atom. The third-order valence-corrected chi connectivity index (χ3v) is 4.63. The molecule has 3 N–H and O–H groups in total. The summed E-state index contributed by atoms with van der Waals surface area (Å²) in [5.74, 6) is 0.598. The molecule has 0 aliphatic carbocycles. The minimum atomic E-state index is -0.122. The molecule has 0 unspecified atom stereocenters. The van der Waals surface area contributed by atoms with Crippen molar-refractivity contribution in [3.05, 3.63) is 83.1 Å². The van der Waals surface area contributed by atoms with Gasteiger partial charge in [-0.15, -0.1) is 24.0 Å². The molecule has 164 valence electrons. The SMILES string of the molecule is CN=C(NCCc1ccc(Cl)cc1)NCc1cccc(NC(=O)Cn2cccn2)c1.I. The van der Waals surface area contributed by atoms with E-state index in [4.69, 9.17) is 11.6 Å². The van der Waals surface area contributed by atoms with Gasteiger partial charge in [0.05, 0.1) is 0 Å². The van der Waals surface area contributed by atoms with Crippen LogP contribution in [-0.4, -0.2) is 35.2 Å². The highest BCUT2D eigenvalue weighted by atomic mass is 127. The van der Waals surface area contributed by atoms with Crippen LogP contribution in [-0.2, 0) is 24.3 Å². The summed E-state index contributed by atoms with van der Waals surface area (Å²) < 4.78 is 1.58. The van der Waals surface area contributed by atoms with Crippen LogP contribution in [0.15, 0.2) is 72.0 Å². The fourth-order valence-electron chi connectivity index (χ4n) is 2.88. The van der Waals surface area contributed by atoms with E-state index in [1.807, 2.05) is 48.5 Å². The normalized spacial score (nSPS) is 10.8. The Hall–Kier alpha value is -2.59. The topological polar surface area (TPSA) is 83.3 Å². The maximum Gasteiger partial charge on any atom is 0.246 e. The number of aromatic nitrogens is 2. The van der Waals surface area contributed by atoms with Gasteiger partial charge in [-0.05, 0) is 47.9 Å². The largest absolute Gasteiger partial charge is 0.356 e. The fraction of sp³-hybridized carbons (Fsp3) is 0.227. The first kappa shape index (κ1) is 24.7. The molecular weight excluding hydrogens is 527 g/mol. The molecule has 0 aliphatic heterocycles. The summed E-state index contributed by atoms with van der Waals surface area (Å²) in [7, 11) is 1.74. The minimum absolute atomic E-state index is 0. The molecule has 0 saturated carbocycles. The van der Waals surface area contributed by atoms with Crippen molar-refractivity contribution < 1.29 is 4.79 Å². The first-order valence-corrected chi connectivity index (χ1v) is 10.1. The second-order valence-corrected chi connectivity index (χ2v) is 7.12. The van der Waals surface area contributed by atoms with Crippen molar-refractivity contribution >= 4 is 53.1 Å². The van der Waals surface area contributed by atoms with Crippen LogP contribution in [0.3, 0.4) is 0 Å². The molecule has 0 fully saturated rings. The van der Waals surface area contributed by atoms with Gasteiger partial charge in [0.1, 0.15) is 6.54 Å². The number of amides is 1. The van der Waals surface area contributed by atoms with Crippen LogP contribution in [0, 0.1) is 0 Å². The lowest BCUT2D eigenvalue weighted by Crippen LogP contribution is -2.37. The van der Waals surface area contributed by atoms with Crippen LogP contribution in [0.4, 0.5) is 5.69 Å². The number of carbonyl (C=O) groups is 1. The number of anilines is 1. The van der Waals surface area contributed by atoms with Gasteiger partial charge >= 0.3 is 0 Å². The number of rotatable bonds is 8. The first-order chi connectivity index (χ1) is 14.6. The summed E-state index contributed by atoms with van der Waals surface area (Å²) in [6.45, 7) is 1.52. The minimum Gasteiger partial charge on any atom is -0.356 e. The van der Waals surface area contributed by atoms with E-state index in [0.29, 0.717) is 6.54 Å². The molecule has 31 heavy (non-hydrogen) atoms. The van der Waals surface area contributed by atoms with Crippen molar-refractivity contribution in [3.63, 3.8) is 0 Å². The van der Waals surface area contributed by atoms with E-state index in [1.165, 1.54) is 5.56 Å². The van der Waals surface area contributed by atoms with E-state index in [1.54, 1.807) is 30.2 Å². The average Bonchev–Trinajstić information content (AvgIpc) is 3.25. The molecule has 2 aromatic carbocycles. The Morgan fingerprint density at radius 3 is 2.61 bits per heavy atom. The van der Waals surface area contributed by atoms with Crippen molar-refractivity contribution in [3.8, 4) is 0 Å².